The average molecular weight is 395 g/mol. The molecule has 5 rings (SSSR count). The van der Waals surface area contributed by atoms with Gasteiger partial charge in [-0.3, -0.25) is 4.40 Å². The van der Waals surface area contributed by atoms with Gasteiger partial charge in [-0.2, -0.15) is 0 Å². The molecule has 0 saturated heterocycles. The quantitative estimate of drug-likeness (QED) is 0.411. The highest BCUT2D eigenvalue weighted by molar-refractivity contribution is 7.15. The number of hydrogen-bond acceptors (Lipinski definition) is 5. The number of benzene rings is 2. The molecule has 0 bridgehead atoms. The van der Waals surface area contributed by atoms with E-state index in [0.717, 1.165) is 33.3 Å². The Kier molecular flexibility index (Phi) is 4.60. The van der Waals surface area contributed by atoms with Crippen molar-refractivity contribution in [3.8, 4) is 11.3 Å². The van der Waals surface area contributed by atoms with Crippen LogP contribution >= 0.6 is 11.3 Å². The molecule has 0 aliphatic carbocycles. The Hall–Kier alpha value is -3.77. The molecule has 0 saturated carbocycles. The van der Waals surface area contributed by atoms with Crippen LogP contribution < -0.4 is 5.32 Å². The highest BCUT2D eigenvalue weighted by Crippen LogP contribution is 2.28. The molecule has 29 heavy (non-hydrogen) atoms. The predicted octanol–water partition coefficient (Wildman–Crippen LogP) is 5.77. The molecule has 0 amide bonds. The summed E-state index contributed by atoms with van der Waals surface area (Å²) in [4.78, 5) is 14.7. The summed E-state index contributed by atoms with van der Waals surface area (Å²) in [6.07, 6.45) is 7.85. The average Bonchev–Trinajstić information content (AvgIpc) is 3.36. The van der Waals surface area contributed by atoms with Crippen LogP contribution in [0, 0.1) is 0 Å². The minimum atomic E-state index is 0.565. The second-order valence-corrected chi connectivity index (χ2v) is 7.27. The van der Waals surface area contributed by atoms with E-state index in [1.807, 2.05) is 72.3 Å². The van der Waals surface area contributed by atoms with Gasteiger partial charge in [0.25, 0.3) is 0 Å². The molecule has 140 valence electrons. The van der Waals surface area contributed by atoms with E-state index in [0.29, 0.717) is 5.95 Å². The van der Waals surface area contributed by atoms with Gasteiger partial charge >= 0.3 is 0 Å². The van der Waals surface area contributed by atoms with E-state index in [4.69, 9.17) is 4.98 Å². The first-order valence-electron chi connectivity index (χ1n) is 9.21. The molecule has 5 nitrogen and oxygen atoms in total. The van der Waals surface area contributed by atoms with Gasteiger partial charge in [0.1, 0.15) is 0 Å². The Morgan fingerprint density at radius 3 is 2.48 bits per heavy atom. The van der Waals surface area contributed by atoms with Crippen molar-refractivity contribution in [3.63, 3.8) is 0 Å². The highest BCUT2D eigenvalue weighted by Gasteiger charge is 2.12. The first kappa shape index (κ1) is 17.3. The van der Waals surface area contributed by atoms with Crippen LogP contribution in [0.1, 0.15) is 11.4 Å². The molecule has 3 aromatic heterocycles. The van der Waals surface area contributed by atoms with Crippen LogP contribution in [0.5, 0.6) is 0 Å². The second kappa shape index (κ2) is 7.69. The van der Waals surface area contributed by atoms with Crippen LogP contribution in [-0.2, 0) is 0 Å². The summed E-state index contributed by atoms with van der Waals surface area (Å²) >= 11 is 1.62. The van der Waals surface area contributed by atoms with Gasteiger partial charge in [-0.05, 0) is 30.4 Å². The third-order valence-corrected chi connectivity index (χ3v) is 5.22. The zero-order valence-electron chi connectivity index (χ0n) is 15.4. The molecule has 0 spiro atoms. The molecule has 6 heteroatoms. The van der Waals surface area contributed by atoms with Gasteiger partial charge in [-0.25, -0.2) is 15.0 Å². The number of nitrogens with zero attached hydrogens (tertiary/aromatic N) is 4. The maximum Gasteiger partial charge on any atom is 0.227 e. The van der Waals surface area contributed by atoms with Gasteiger partial charge < -0.3 is 5.32 Å². The van der Waals surface area contributed by atoms with Gasteiger partial charge in [-0.15, -0.1) is 11.3 Å². The van der Waals surface area contributed by atoms with Gasteiger partial charge in [0.2, 0.25) is 5.95 Å². The SMILES string of the molecule is C(=C\c1c(-c2ccccc2)nc2sccn12)/c1ccnc(Nc2ccccc2)n1. The van der Waals surface area contributed by atoms with E-state index in [-0.39, 0.29) is 0 Å². The van der Waals surface area contributed by atoms with Crippen molar-refractivity contribution >= 4 is 40.1 Å². The van der Waals surface area contributed by atoms with E-state index in [1.165, 1.54) is 0 Å². The van der Waals surface area contributed by atoms with Crippen molar-refractivity contribution < 1.29 is 0 Å². The summed E-state index contributed by atoms with van der Waals surface area (Å²) < 4.78 is 2.10. The summed E-state index contributed by atoms with van der Waals surface area (Å²) in [5.41, 5.74) is 4.87. The number of anilines is 2. The van der Waals surface area contributed by atoms with Crippen molar-refractivity contribution in [2.75, 3.05) is 5.32 Å². The zero-order chi connectivity index (χ0) is 19.5. The maximum absolute atomic E-state index is 4.81. The topological polar surface area (TPSA) is 55.1 Å². The Balaban J connectivity index is 1.48. The Morgan fingerprint density at radius 2 is 1.66 bits per heavy atom. The van der Waals surface area contributed by atoms with Gasteiger partial charge in [0.15, 0.2) is 4.96 Å². The minimum Gasteiger partial charge on any atom is -0.324 e. The zero-order valence-corrected chi connectivity index (χ0v) is 16.3. The van der Waals surface area contributed by atoms with Crippen LogP contribution in [0.3, 0.4) is 0 Å². The van der Waals surface area contributed by atoms with Crippen molar-refractivity contribution in [1.82, 2.24) is 19.4 Å². The molecule has 2 aromatic carbocycles. The van der Waals surface area contributed by atoms with E-state index < -0.39 is 0 Å². The minimum absolute atomic E-state index is 0.565. The fourth-order valence-electron chi connectivity index (χ4n) is 3.11. The summed E-state index contributed by atoms with van der Waals surface area (Å²) in [5.74, 6) is 0.565. The fraction of sp³-hybridized carbons (Fsp3) is 0. The van der Waals surface area contributed by atoms with Crippen molar-refractivity contribution in [1.29, 1.82) is 0 Å². The van der Waals surface area contributed by atoms with Crippen molar-refractivity contribution in [3.05, 3.63) is 95.9 Å². The normalized spacial score (nSPS) is 11.3. The smallest absolute Gasteiger partial charge is 0.227 e. The summed E-state index contributed by atoms with van der Waals surface area (Å²) in [6, 6.07) is 22.0. The lowest BCUT2D eigenvalue weighted by Gasteiger charge is -2.04. The molecular formula is C23H17N5S. The van der Waals surface area contributed by atoms with Gasteiger partial charge in [-0.1, -0.05) is 48.5 Å². The number of para-hydroxylation sites is 1. The maximum atomic E-state index is 4.81. The first-order chi connectivity index (χ1) is 14.4. The molecule has 0 radical (unpaired) electrons. The summed E-state index contributed by atoms with van der Waals surface area (Å²) in [5, 5.41) is 5.27. The Labute approximate surface area is 172 Å². The number of hydrogen-bond donors (Lipinski definition) is 1. The third-order valence-electron chi connectivity index (χ3n) is 4.47. The lowest BCUT2D eigenvalue weighted by atomic mass is 10.1. The summed E-state index contributed by atoms with van der Waals surface area (Å²) in [6.45, 7) is 0. The third kappa shape index (κ3) is 3.66. The highest BCUT2D eigenvalue weighted by atomic mass is 32.1. The molecule has 1 N–H and O–H groups in total. The molecule has 0 fully saturated rings. The Morgan fingerprint density at radius 1 is 0.862 bits per heavy atom. The number of fused-ring (bicyclic) bond motifs is 1. The van der Waals surface area contributed by atoms with Crippen molar-refractivity contribution in [2.24, 2.45) is 0 Å². The van der Waals surface area contributed by atoms with E-state index >= 15 is 0 Å². The van der Waals surface area contributed by atoms with Crippen LogP contribution in [0.4, 0.5) is 11.6 Å². The number of rotatable bonds is 5. The van der Waals surface area contributed by atoms with Gasteiger partial charge in [0, 0.05) is 29.0 Å². The lowest BCUT2D eigenvalue weighted by molar-refractivity contribution is 1.15. The van der Waals surface area contributed by atoms with Crippen LogP contribution in [0.2, 0.25) is 0 Å². The van der Waals surface area contributed by atoms with Crippen LogP contribution in [0.25, 0.3) is 28.4 Å². The monoisotopic (exact) mass is 395 g/mol. The van der Waals surface area contributed by atoms with Crippen LogP contribution in [0.15, 0.2) is 84.5 Å². The predicted molar refractivity (Wildman–Crippen MR) is 119 cm³/mol. The fourth-order valence-corrected chi connectivity index (χ4v) is 3.83. The molecular weight excluding hydrogens is 378 g/mol. The van der Waals surface area contributed by atoms with Crippen LogP contribution in [-0.4, -0.2) is 19.4 Å². The Bertz CT molecular complexity index is 1270. The number of aromatic nitrogens is 4. The number of thiazole rings is 1. The summed E-state index contributed by atoms with van der Waals surface area (Å²) in [7, 11) is 0. The van der Waals surface area contributed by atoms with Gasteiger partial charge in [0.05, 0.1) is 17.1 Å². The molecule has 0 aliphatic heterocycles. The molecule has 5 aromatic rings. The van der Waals surface area contributed by atoms with E-state index in [2.05, 4.69) is 37.9 Å². The largest absolute Gasteiger partial charge is 0.324 e. The second-order valence-electron chi connectivity index (χ2n) is 6.40. The molecule has 0 atom stereocenters. The number of nitrogens with one attached hydrogen (secondary N) is 1. The van der Waals surface area contributed by atoms with Crippen molar-refractivity contribution in [2.45, 2.75) is 0 Å². The van der Waals surface area contributed by atoms with E-state index in [9.17, 15) is 0 Å². The first-order valence-corrected chi connectivity index (χ1v) is 10.1. The lowest BCUT2D eigenvalue weighted by Crippen LogP contribution is -1.97. The van der Waals surface area contributed by atoms with E-state index in [1.54, 1.807) is 17.5 Å². The molecule has 3 heterocycles. The number of imidazole rings is 1. The molecule has 0 aliphatic rings. The molecule has 0 unspecified atom stereocenters. The standard InChI is InChI=1S/C23H17N5S/c1-3-7-17(8-4-1)21-20(28-15-16-29-23(28)27-21)12-11-19-13-14-24-22(26-19)25-18-9-5-2-6-10-18/h1-16H,(H,24,25,26)/b12-11+.